The molecule has 0 bridgehead atoms. The number of allylic oxidation sites excluding steroid dienone is 1. The van der Waals surface area contributed by atoms with Crippen molar-refractivity contribution in [3.05, 3.63) is 12.2 Å². The van der Waals surface area contributed by atoms with Crippen LogP contribution in [0.5, 0.6) is 0 Å². The smallest absolute Gasteiger partial charge is 0.0855 e. The number of hydrogen-bond donors (Lipinski definition) is 1. The molecule has 0 aromatic rings. The van der Waals surface area contributed by atoms with Gasteiger partial charge in [0.05, 0.1) is 12.7 Å². The van der Waals surface area contributed by atoms with E-state index in [0.717, 1.165) is 26.0 Å². The maximum absolute atomic E-state index is 6.04. The summed E-state index contributed by atoms with van der Waals surface area (Å²) in [5, 5.41) is 3.41. The van der Waals surface area contributed by atoms with Gasteiger partial charge in [0.25, 0.3) is 0 Å². The fourth-order valence-electron chi connectivity index (χ4n) is 3.00. The highest BCUT2D eigenvalue weighted by atomic mass is 16.5. The van der Waals surface area contributed by atoms with Gasteiger partial charge in [0.1, 0.15) is 0 Å². The third-order valence-corrected chi connectivity index (χ3v) is 4.12. The Balaban J connectivity index is 1.84. The summed E-state index contributed by atoms with van der Waals surface area (Å²) in [7, 11) is 2.04. The Hall–Kier alpha value is -0.380. The van der Waals surface area contributed by atoms with E-state index in [1.807, 2.05) is 7.05 Å². The maximum Gasteiger partial charge on any atom is 0.0855 e. The number of fused-ring (bicyclic) bond motifs is 1. The lowest BCUT2D eigenvalue weighted by molar-refractivity contribution is -0.0645. The monoisotopic (exact) mass is 238 g/mol. The number of likely N-dealkylation sites (N-methyl/N-ethyl adjacent to an activating group) is 1. The van der Waals surface area contributed by atoms with Crippen molar-refractivity contribution in [2.75, 3.05) is 26.7 Å². The minimum Gasteiger partial charge on any atom is -0.374 e. The van der Waals surface area contributed by atoms with Gasteiger partial charge in [0.2, 0.25) is 0 Å². The molecule has 3 atom stereocenters. The highest BCUT2D eigenvalue weighted by Crippen LogP contribution is 2.24. The van der Waals surface area contributed by atoms with E-state index in [9.17, 15) is 0 Å². The van der Waals surface area contributed by atoms with Gasteiger partial charge in [-0.25, -0.2) is 0 Å². The largest absolute Gasteiger partial charge is 0.374 e. The van der Waals surface area contributed by atoms with Gasteiger partial charge < -0.3 is 10.1 Å². The van der Waals surface area contributed by atoms with Crippen LogP contribution >= 0.6 is 0 Å². The van der Waals surface area contributed by atoms with Gasteiger partial charge in [-0.05, 0) is 46.2 Å². The Kier molecular flexibility index (Phi) is 4.60. The quantitative estimate of drug-likeness (QED) is 0.739. The van der Waals surface area contributed by atoms with Crippen LogP contribution in [0.2, 0.25) is 0 Å². The molecule has 2 aliphatic rings. The zero-order valence-electron chi connectivity index (χ0n) is 11.2. The molecular formula is C14H26N2O. The summed E-state index contributed by atoms with van der Waals surface area (Å²) in [5.41, 5.74) is 1.26. The molecule has 0 spiro atoms. The van der Waals surface area contributed by atoms with Crippen molar-refractivity contribution in [1.29, 1.82) is 0 Å². The first-order valence-electron chi connectivity index (χ1n) is 6.88. The van der Waals surface area contributed by atoms with Crippen LogP contribution in [0.3, 0.4) is 0 Å². The van der Waals surface area contributed by atoms with Crippen LogP contribution < -0.4 is 5.32 Å². The number of rotatable bonds is 5. The third-order valence-electron chi connectivity index (χ3n) is 4.12. The second-order valence-electron chi connectivity index (χ2n) is 5.55. The van der Waals surface area contributed by atoms with Crippen molar-refractivity contribution in [2.45, 2.75) is 50.8 Å². The van der Waals surface area contributed by atoms with E-state index in [2.05, 4.69) is 23.7 Å². The van der Waals surface area contributed by atoms with Crippen molar-refractivity contribution < 1.29 is 4.74 Å². The molecule has 0 radical (unpaired) electrons. The zero-order chi connectivity index (χ0) is 12.3. The minimum atomic E-state index is 0.355. The van der Waals surface area contributed by atoms with Gasteiger partial charge in [-0.3, -0.25) is 4.90 Å². The van der Waals surface area contributed by atoms with Crippen LogP contribution in [0.1, 0.15) is 32.6 Å². The Morgan fingerprint density at radius 2 is 2.41 bits per heavy atom. The normalized spacial score (nSPS) is 31.2. The molecule has 0 saturated carbocycles. The molecule has 0 aromatic carbocycles. The molecule has 2 fully saturated rings. The molecule has 17 heavy (non-hydrogen) atoms. The molecular weight excluding hydrogens is 212 g/mol. The number of ether oxygens (including phenoxy) is 1. The average Bonchev–Trinajstić information content (AvgIpc) is 2.76. The predicted molar refractivity (Wildman–Crippen MR) is 71.2 cm³/mol. The lowest BCUT2D eigenvalue weighted by Crippen LogP contribution is -2.53. The molecule has 3 nitrogen and oxygen atoms in total. The third kappa shape index (κ3) is 3.30. The lowest BCUT2D eigenvalue weighted by atomic mass is 10.0. The number of morpholine rings is 1. The summed E-state index contributed by atoms with van der Waals surface area (Å²) in [5.74, 6) is 0. The van der Waals surface area contributed by atoms with E-state index in [1.54, 1.807) is 0 Å². The number of nitrogens with one attached hydrogen (secondary N) is 1. The van der Waals surface area contributed by atoms with E-state index >= 15 is 0 Å². The zero-order valence-corrected chi connectivity index (χ0v) is 11.2. The van der Waals surface area contributed by atoms with Gasteiger partial charge in [-0.15, -0.1) is 6.58 Å². The summed E-state index contributed by atoms with van der Waals surface area (Å²) in [6, 6.07) is 1.16. The average molecular weight is 238 g/mol. The highest BCUT2D eigenvalue weighted by molar-refractivity contribution is 4.93. The summed E-state index contributed by atoms with van der Waals surface area (Å²) >= 11 is 0. The first-order chi connectivity index (χ1) is 8.20. The standard InChI is InChI=1S/C14H26N2O/c1-11(2)6-7-13(15-3)14-9-16-8-4-5-12(16)10-17-14/h12-15H,1,4-10H2,2-3H3. The van der Waals surface area contributed by atoms with Crippen molar-refractivity contribution in [2.24, 2.45) is 0 Å². The van der Waals surface area contributed by atoms with E-state index in [1.165, 1.54) is 25.0 Å². The second-order valence-corrected chi connectivity index (χ2v) is 5.55. The molecule has 2 rings (SSSR count). The van der Waals surface area contributed by atoms with Crippen LogP contribution in [-0.2, 0) is 4.74 Å². The van der Waals surface area contributed by atoms with Crippen LogP contribution in [0, 0.1) is 0 Å². The van der Waals surface area contributed by atoms with Crippen molar-refractivity contribution in [1.82, 2.24) is 10.2 Å². The maximum atomic E-state index is 6.04. The molecule has 98 valence electrons. The fourth-order valence-corrected chi connectivity index (χ4v) is 3.00. The summed E-state index contributed by atoms with van der Waals surface area (Å²) in [4.78, 5) is 2.61. The lowest BCUT2D eigenvalue weighted by Gasteiger charge is -2.38. The predicted octanol–water partition coefficient (Wildman–Crippen LogP) is 1.79. The summed E-state index contributed by atoms with van der Waals surface area (Å²) < 4.78 is 6.04. The van der Waals surface area contributed by atoms with Gasteiger partial charge in [0.15, 0.2) is 0 Å². The minimum absolute atomic E-state index is 0.355. The number of hydrogen-bond acceptors (Lipinski definition) is 3. The van der Waals surface area contributed by atoms with E-state index in [4.69, 9.17) is 4.74 Å². The molecule has 0 aromatic heterocycles. The van der Waals surface area contributed by atoms with Crippen molar-refractivity contribution >= 4 is 0 Å². The van der Waals surface area contributed by atoms with E-state index in [-0.39, 0.29) is 0 Å². The SMILES string of the molecule is C=C(C)CCC(NC)C1CN2CCCC2CO1. The van der Waals surface area contributed by atoms with Gasteiger partial charge in [0, 0.05) is 18.6 Å². The van der Waals surface area contributed by atoms with Gasteiger partial charge >= 0.3 is 0 Å². The molecule has 1 N–H and O–H groups in total. The molecule has 0 aliphatic carbocycles. The number of nitrogens with zero attached hydrogens (tertiary/aromatic N) is 1. The van der Waals surface area contributed by atoms with Crippen LogP contribution in [0.15, 0.2) is 12.2 Å². The Bertz CT molecular complexity index is 267. The Morgan fingerprint density at radius 1 is 1.59 bits per heavy atom. The Morgan fingerprint density at radius 3 is 3.12 bits per heavy atom. The van der Waals surface area contributed by atoms with Crippen LogP contribution in [0.4, 0.5) is 0 Å². The molecule has 2 saturated heterocycles. The topological polar surface area (TPSA) is 24.5 Å². The Labute approximate surface area is 105 Å². The first kappa shape index (κ1) is 13.1. The summed E-state index contributed by atoms with van der Waals surface area (Å²) in [6.45, 7) is 9.38. The van der Waals surface area contributed by atoms with Crippen molar-refractivity contribution in [3.8, 4) is 0 Å². The fraction of sp³-hybridized carbons (Fsp3) is 0.857. The molecule has 3 heteroatoms. The van der Waals surface area contributed by atoms with E-state index < -0.39 is 0 Å². The van der Waals surface area contributed by atoms with Gasteiger partial charge in [-0.1, -0.05) is 5.57 Å². The van der Waals surface area contributed by atoms with Crippen LogP contribution in [-0.4, -0.2) is 49.8 Å². The van der Waals surface area contributed by atoms with Crippen LogP contribution in [0.25, 0.3) is 0 Å². The molecule has 2 heterocycles. The van der Waals surface area contributed by atoms with Crippen molar-refractivity contribution in [3.63, 3.8) is 0 Å². The first-order valence-corrected chi connectivity index (χ1v) is 6.88. The summed E-state index contributed by atoms with van der Waals surface area (Å²) in [6.07, 6.45) is 5.25. The molecule has 2 aliphatic heterocycles. The molecule has 3 unspecified atom stereocenters. The molecule has 0 amide bonds. The van der Waals surface area contributed by atoms with E-state index in [0.29, 0.717) is 18.2 Å². The highest BCUT2D eigenvalue weighted by Gasteiger charge is 2.34. The second kappa shape index (κ2) is 5.98. The van der Waals surface area contributed by atoms with Gasteiger partial charge in [-0.2, -0.15) is 0 Å².